The zero-order chi connectivity index (χ0) is 13.8. The third kappa shape index (κ3) is 3.15. The summed E-state index contributed by atoms with van der Waals surface area (Å²) in [6.07, 6.45) is 1.96. The van der Waals surface area contributed by atoms with Gasteiger partial charge in [0.2, 0.25) is 0 Å². The fourth-order valence-electron chi connectivity index (χ4n) is 2.39. The Hall–Kier alpha value is -1.36. The molecule has 0 aliphatic carbocycles. The number of nitrogens with zero attached hydrogens (tertiary/aromatic N) is 2. The Morgan fingerprint density at radius 3 is 2.68 bits per heavy atom. The van der Waals surface area contributed by atoms with Crippen molar-refractivity contribution < 1.29 is 4.74 Å². The molecule has 0 saturated carbocycles. The van der Waals surface area contributed by atoms with E-state index >= 15 is 0 Å². The van der Waals surface area contributed by atoms with Gasteiger partial charge in [-0.3, -0.25) is 0 Å². The Labute approximate surface area is 115 Å². The Balaban J connectivity index is 2.18. The Kier molecular flexibility index (Phi) is 4.58. The quantitative estimate of drug-likeness (QED) is 0.854. The molecule has 0 aromatic carbocycles. The van der Waals surface area contributed by atoms with Gasteiger partial charge in [-0.25, -0.2) is 9.97 Å². The van der Waals surface area contributed by atoms with E-state index in [0.29, 0.717) is 12.0 Å². The second-order valence-corrected chi connectivity index (χ2v) is 5.12. The molecule has 2 atom stereocenters. The molecule has 1 aliphatic rings. The van der Waals surface area contributed by atoms with E-state index in [2.05, 4.69) is 34.4 Å². The van der Waals surface area contributed by atoms with Crippen LogP contribution in [0.2, 0.25) is 0 Å². The van der Waals surface area contributed by atoms with Gasteiger partial charge in [0.15, 0.2) is 0 Å². The minimum absolute atomic E-state index is 0.366. The first kappa shape index (κ1) is 14.1. The number of aryl methyl sites for hydroxylation is 1. The molecule has 5 heteroatoms. The largest absolute Gasteiger partial charge is 0.381 e. The molecule has 0 radical (unpaired) electrons. The SMILES string of the molecule is CCc1nc(NC)c(C)c(NC(C)C2CCOC2)n1. The summed E-state index contributed by atoms with van der Waals surface area (Å²) in [6.45, 7) is 8.04. The molecule has 2 N–H and O–H groups in total. The molecule has 0 bridgehead atoms. The van der Waals surface area contributed by atoms with Gasteiger partial charge in [-0.1, -0.05) is 6.92 Å². The Morgan fingerprint density at radius 1 is 1.37 bits per heavy atom. The molecule has 106 valence electrons. The maximum absolute atomic E-state index is 5.45. The van der Waals surface area contributed by atoms with Crippen molar-refractivity contribution in [2.45, 2.75) is 39.7 Å². The van der Waals surface area contributed by atoms with Crippen LogP contribution in [0.5, 0.6) is 0 Å². The summed E-state index contributed by atoms with van der Waals surface area (Å²) < 4.78 is 5.45. The fourth-order valence-corrected chi connectivity index (χ4v) is 2.39. The van der Waals surface area contributed by atoms with Gasteiger partial charge in [-0.05, 0) is 20.3 Å². The highest BCUT2D eigenvalue weighted by Gasteiger charge is 2.23. The van der Waals surface area contributed by atoms with Crippen molar-refractivity contribution in [3.8, 4) is 0 Å². The number of nitrogens with one attached hydrogen (secondary N) is 2. The lowest BCUT2D eigenvalue weighted by atomic mass is 10.0. The van der Waals surface area contributed by atoms with Crippen molar-refractivity contribution in [1.82, 2.24) is 9.97 Å². The fraction of sp³-hybridized carbons (Fsp3) is 0.714. The molecule has 1 aliphatic heterocycles. The maximum atomic E-state index is 5.45. The molecule has 5 nitrogen and oxygen atoms in total. The summed E-state index contributed by atoms with van der Waals surface area (Å²) in [5, 5.41) is 6.67. The van der Waals surface area contributed by atoms with Gasteiger partial charge in [-0.2, -0.15) is 0 Å². The molecule has 19 heavy (non-hydrogen) atoms. The highest BCUT2D eigenvalue weighted by Crippen LogP contribution is 2.24. The van der Waals surface area contributed by atoms with E-state index in [4.69, 9.17) is 4.74 Å². The van der Waals surface area contributed by atoms with Gasteiger partial charge in [0, 0.05) is 37.6 Å². The summed E-state index contributed by atoms with van der Waals surface area (Å²) in [5.41, 5.74) is 1.07. The number of hydrogen-bond acceptors (Lipinski definition) is 5. The molecule has 0 spiro atoms. The van der Waals surface area contributed by atoms with E-state index in [0.717, 1.165) is 49.1 Å². The van der Waals surface area contributed by atoms with Crippen LogP contribution in [0.25, 0.3) is 0 Å². The Bertz CT molecular complexity index is 430. The number of anilines is 2. The molecule has 2 unspecified atom stereocenters. The third-order valence-electron chi connectivity index (χ3n) is 3.78. The lowest BCUT2D eigenvalue weighted by molar-refractivity contribution is 0.183. The van der Waals surface area contributed by atoms with E-state index in [1.807, 2.05) is 14.0 Å². The normalized spacial score (nSPS) is 20.3. The lowest BCUT2D eigenvalue weighted by Gasteiger charge is -2.22. The molecule has 0 amide bonds. The summed E-state index contributed by atoms with van der Waals surface area (Å²) in [7, 11) is 1.90. The second-order valence-electron chi connectivity index (χ2n) is 5.12. The van der Waals surface area contributed by atoms with Crippen LogP contribution in [-0.4, -0.2) is 36.3 Å². The maximum Gasteiger partial charge on any atom is 0.134 e. The first-order valence-electron chi connectivity index (χ1n) is 7.05. The van der Waals surface area contributed by atoms with E-state index in [9.17, 15) is 0 Å². The smallest absolute Gasteiger partial charge is 0.134 e. The molecule has 1 fully saturated rings. The van der Waals surface area contributed by atoms with Crippen LogP contribution < -0.4 is 10.6 Å². The van der Waals surface area contributed by atoms with Crippen molar-refractivity contribution in [2.24, 2.45) is 5.92 Å². The predicted molar refractivity (Wildman–Crippen MR) is 77.7 cm³/mol. The topological polar surface area (TPSA) is 59.1 Å². The van der Waals surface area contributed by atoms with Gasteiger partial charge < -0.3 is 15.4 Å². The molecule has 1 aromatic rings. The van der Waals surface area contributed by atoms with Crippen molar-refractivity contribution >= 4 is 11.6 Å². The van der Waals surface area contributed by atoms with E-state index < -0.39 is 0 Å². The van der Waals surface area contributed by atoms with Gasteiger partial charge >= 0.3 is 0 Å². The molecular formula is C14H24N4O. The zero-order valence-corrected chi connectivity index (χ0v) is 12.3. The lowest BCUT2D eigenvalue weighted by Crippen LogP contribution is -2.27. The number of ether oxygens (including phenoxy) is 1. The second kappa shape index (κ2) is 6.19. The number of hydrogen-bond donors (Lipinski definition) is 2. The summed E-state index contributed by atoms with van der Waals surface area (Å²) in [4.78, 5) is 9.10. The van der Waals surface area contributed by atoms with Crippen molar-refractivity contribution in [3.05, 3.63) is 11.4 Å². The van der Waals surface area contributed by atoms with Gasteiger partial charge in [0.05, 0.1) is 6.61 Å². The average molecular weight is 264 g/mol. The van der Waals surface area contributed by atoms with E-state index in [1.54, 1.807) is 0 Å². The number of rotatable bonds is 5. The average Bonchev–Trinajstić information content (AvgIpc) is 2.95. The molecule has 2 rings (SSSR count). The standard InChI is InChI=1S/C14H24N4O/c1-5-12-17-13(15-4)9(2)14(18-12)16-10(3)11-6-7-19-8-11/h10-11H,5-8H2,1-4H3,(H2,15,16,17,18). The van der Waals surface area contributed by atoms with E-state index in [-0.39, 0.29) is 0 Å². The van der Waals surface area contributed by atoms with Crippen molar-refractivity contribution in [3.63, 3.8) is 0 Å². The molecule has 2 heterocycles. The first-order valence-corrected chi connectivity index (χ1v) is 7.05. The molecular weight excluding hydrogens is 240 g/mol. The molecule has 1 saturated heterocycles. The summed E-state index contributed by atoms with van der Waals surface area (Å²) >= 11 is 0. The Morgan fingerprint density at radius 2 is 2.11 bits per heavy atom. The highest BCUT2D eigenvalue weighted by molar-refractivity contribution is 5.57. The van der Waals surface area contributed by atoms with Crippen molar-refractivity contribution in [2.75, 3.05) is 30.9 Å². The summed E-state index contributed by atoms with van der Waals surface area (Å²) in [6, 6.07) is 0.366. The van der Waals surface area contributed by atoms with E-state index in [1.165, 1.54) is 0 Å². The van der Waals surface area contributed by atoms with Crippen LogP contribution in [0.1, 0.15) is 31.7 Å². The van der Waals surface area contributed by atoms with Crippen LogP contribution in [0, 0.1) is 12.8 Å². The van der Waals surface area contributed by atoms with Gasteiger partial charge in [-0.15, -0.1) is 0 Å². The zero-order valence-electron chi connectivity index (χ0n) is 12.3. The molecule has 1 aromatic heterocycles. The van der Waals surface area contributed by atoms with Crippen LogP contribution in [0.3, 0.4) is 0 Å². The highest BCUT2D eigenvalue weighted by atomic mass is 16.5. The monoisotopic (exact) mass is 264 g/mol. The van der Waals surface area contributed by atoms with Crippen molar-refractivity contribution in [1.29, 1.82) is 0 Å². The minimum Gasteiger partial charge on any atom is -0.381 e. The number of aromatic nitrogens is 2. The predicted octanol–water partition coefficient (Wildman–Crippen LogP) is 2.23. The van der Waals surface area contributed by atoms with Crippen LogP contribution >= 0.6 is 0 Å². The first-order chi connectivity index (χ1) is 9.15. The van der Waals surface area contributed by atoms with Gasteiger partial charge in [0.1, 0.15) is 17.5 Å². The van der Waals surface area contributed by atoms with Crippen LogP contribution in [-0.2, 0) is 11.2 Å². The van der Waals surface area contributed by atoms with Crippen LogP contribution in [0.15, 0.2) is 0 Å². The van der Waals surface area contributed by atoms with Crippen LogP contribution in [0.4, 0.5) is 11.6 Å². The third-order valence-corrected chi connectivity index (χ3v) is 3.78. The minimum atomic E-state index is 0.366. The summed E-state index contributed by atoms with van der Waals surface area (Å²) in [5.74, 6) is 3.28. The van der Waals surface area contributed by atoms with Gasteiger partial charge in [0.25, 0.3) is 0 Å².